The van der Waals surface area contributed by atoms with E-state index in [2.05, 4.69) is 6.92 Å². The van der Waals surface area contributed by atoms with E-state index in [1.165, 1.54) is 0 Å². The maximum atomic E-state index is 11.2. The van der Waals surface area contributed by atoms with E-state index in [1.807, 2.05) is 18.2 Å². The van der Waals surface area contributed by atoms with Gasteiger partial charge in [-0.25, -0.2) is 0 Å². The van der Waals surface area contributed by atoms with Gasteiger partial charge in [0.1, 0.15) is 0 Å². The van der Waals surface area contributed by atoms with E-state index in [0.29, 0.717) is 5.56 Å². The van der Waals surface area contributed by atoms with Gasteiger partial charge in [-0.3, -0.25) is 4.79 Å². The molecule has 0 saturated carbocycles. The van der Waals surface area contributed by atoms with Crippen molar-refractivity contribution < 1.29 is 4.79 Å². The molecule has 0 spiro atoms. The predicted molar refractivity (Wildman–Crippen MR) is 69.5 cm³/mol. The molecule has 1 atom stereocenters. The first-order valence-corrected chi connectivity index (χ1v) is 6.38. The number of carbonyl (C=O) groups excluding carboxylic acids is 1. The maximum absolute atomic E-state index is 11.2. The zero-order valence-electron chi connectivity index (χ0n) is 9.38. The van der Waals surface area contributed by atoms with E-state index >= 15 is 0 Å². The summed E-state index contributed by atoms with van der Waals surface area (Å²) in [6, 6.07) is 7.47. The molecule has 1 nitrogen and oxygen atoms in total. The zero-order chi connectivity index (χ0) is 12.0. The smallest absolute Gasteiger partial charge is 0.252 e. The lowest BCUT2D eigenvalue weighted by atomic mass is 10.0. The Kier molecular flexibility index (Phi) is 5.86. The van der Waals surface area contributed by atoms with Gasteiger partial charge in [0, 0.05) is 10.9 Å². The Morgan fingerprint density at radius 3 is 2.69 bits per heavy atom. The molecule has 88 valence electrons. The Balaban J connectivity index is 2.56. The topological polar surface area (TPSA) is 17.1 Å². The number of alkyl halides is 1. The molecule has 0 bridgehead atoms. The predicted octanol–water partition coefficient (Wildman–Crippen LogP) is 4.41. The number of rotatable bonds is 6. The van der Waals surface area contributed by atoms with Crippen LogP contribution >= 0.6 is 23.2 Å². The van der Waals surface area contributed by atoms with Gasteiger partial charge >= 0.3 is 0 Å². The second kappa shape index (κ2) is 6.93. The summed E-state index contributed by atoms with van der Waals surface area (Å²) >= 11 is 11.6. The minimum absolute atomic E-state index is 0.235. The molecular weight excluding hydrogens is 243 g/mol. The number of aryl methyl sites for hydroxylation is 1. The van der Waals surface area contributed by atoms with Crippen molar-refractivity contribution in [2.24, 2.45) is 0 Å². The molecule has 0 N–H and O–H groups in total. The summed E-state index contributed by atoms with van der Waals surface area (Å²) in [6.45, 7) is 2.08. The number of hydrogen-bond donors (Lipinski definition) is 0. The molecule has 0 fully saturated rings. The number of carbonyl (C=O) groups is 1. The largest absolute Gasteiger partial charge is 0.276 e. The van der Waals surface area contributed by atoms with Crippen molar-refractivity contribution >= 4 is 28.4 Å². The average Bonchev–Trinajstić information content (AvgIpc) is 2.29. The van der Waals surface area contributed by atoms with Crippen molar-refractivity contribution in [2.45, 2.75) is 38.0 Å². The van der Waals surface area contributed by atoms with E-state index in [0.717, 1.165) is 31.2 Å². The summed E-state index contributed by atoms with van der Waals surface area (Å²) < 4.78 is 0. The minimum atomic E-state index is -0.381. The first kappa shape index (κ1) is 13.5. The molecular formula is C13H16Cl2O. The first-order chi connectivity index (χ1) is 7.65. The van der Waals surface area contributed by atoms with Gasteiger partial charge in [0.25, 0.3) is 5.24 Å². The molecule has 1 aromatic carbocycles. The molecule has 1 unspecified atom stereocenters. The van der Waals surface area contributed by atoms with Gasteiger partial charge in [0.05, 0.1) is 0 Å². The van der Waals surface area contributed by atoms with E-state index in [-0.39, 0.29) is 10.6 Å². The van der Waals surface area contributed by atoms with Crippen molar-refractivity contribution in [1.82, 2.24) is 0 Å². The van der Waals surface area contributed by atoms with Crippen LogP contribution < -0.4 is 0 Å². The van der Waals surface area contributed by atoms with Crippen molar-refractivity contribution in [3.8, 4) is 0 Å². The van der Waals surface area contributed by atoms with E-state index in [4.69, 9.17) is 23.2 Å². The second-order valence-electron chi connectivity index (χ2n) is 3.83. The molecule has 0 radical (unpaired) electrons. The van der Waals surface area contributed by atoms with Gasteiger partial charge in [0.15, 0.2) is 0 Å². The molecule has 1 rings (SSSR count). The van der Waals surface area contributed by atoms with Crippen molar-refractivity contribution in [3.05, 3.63) is 35.4 Å². The molecule has 0 aromatic heterocycles. The Morgan fingerprint density at radius 2 is 2.06 bits per heavy atom. The normalized spacial score (nSPS) is 12.4. The number of halogens is 2. The lowest BCUT2D eigenvalue weighted by Crippen LogP contribution is -2.00. The summed E-state index contributed by atoms with van der Waals surface area (Å²) in [5.41, 5.74) is 1.63. The fraction of sp³-hybridized carbons (Fsp3) is 0.462. The van der Waals surface area contributed by atoms with Gasteiger partial charge < -0.3 is 0 Å². The van der Waals surface area contributed by atoms with Gasteiger partial charge in [-0.1, -0.05) is 25.1 Å². The third-order valence-corrected chi connectivity index (χ3v) is 3.37. The van der Waals surface area contributed by atoms with E-state index < -0.39 is 0 Å². The second-order valence-corrected chi connectivity index (χ2v) is 4.79. The molecule has 16 heavy (non-hydrogen) atoms. The highest BCUT2D eigenvalue weighted by atomic mass is 35.5. The number of hydrogen-bond acceptors (Lipinski definition) is 1. The zero-order valence-corrected chi connectivity index (χ0v) is 10.9. The third-order valence-electron chi connectivity index (χ3n) is 2.64. The highest BCUT2D eigenvalue weighted by Gasteiger charge is 2.08. The lowest BCUT2D eigenvalue weighted by molar-refractivity contribution is 0.108. The van der Waals surface area contributed by atoms with Crippen molar-refractivity contribution in [3.63, 3.8) is 0 Å². The van der Waals surface area contributed by atoms with Crippen molar-refractivity contribution in [2.75, 3.05) is 0 Å². The Bertz CT molecular complexity index is 350. The highest BCUT2D eigenvalue weighted by Crippen LogP contribution is 2.17. The van der Waals surface area contributed by atoms with Crippen LogP contribution in [0.4, 0.5) is 0 Å². The monoisotopic (exact) mass is 258 g/mol. The van der Waals surface area contributed by atoms with Gasteiger partial charge in [-0.05, 0) is 48.9 Å². The van der Waals surface area contributed by atoms with Crippen LogP contribution in [0, 0.1) is 0 Å². The Morgan fingerprint density at radius 1 is 1.38 bits per heavy atom. The average molecular weight is 259 g/mol. The molecule has 0 amide bonds. The molecule has 0 aliphatic carbocycles. The standard InChI is InChI=1S/C13H16Cl2O/c1-2-11(14)8-5-7-10-6-3-4-9-12(10)13(15)16/h3-4,6,9,11H,2,5,7-8H2,1H3. The molecule has 0 heterocycles. The quantitative estimate of drug-likeness (QED) is 0.546. The summed E-state index contributed by atoms with van der Waals surface area (Å²) in [5.74, 6) is 0. The maximum Gasteiger partial charge on any atom is 0.252 e. The Hall–Kier alpha value is -0.530. The van der Waals surface area contributed by atoms with Crippen LogP contribution in [0.15, 0.2) is 24.3 Å². The summed E-state index contributed by atoms with van der Waals surface area (Å²) in [4.78, 5) is 11.2. The van der Waals surface area contributed by atoms with Crippen LogP contribution in [0.25, 0.3) is 0 Å². The van der Waals surface area contributed by atoms with E-state index in [1.54, 1.807) is 6.07 Å². The lowest BCUT2D eigenvalue weighted by Gasteiger charge is -2.08. The molecule has 1 aromatic rings. The SMILES string of the molecule is CCC(Cl)CCCc1ccccc1C(=O)Cl. The molecule has 3 heteroatoms. The summed E-state index contributed by atoms with van der Waals surface area (Å²) in [5, 5.41) is -0.146. The Labute approximate surface area is 107 Å². The van der Waals surface area contributed by atoms with Crippen LogP contribution in [0.3, 0.4) is 0 Å². The van der Waals surface area contributed by atoms with Gasteiger partial charge in [-0.2, -0.15) is 0 Å². The molecule has 0 aliphatic heterocycles. The van der Waals surface area contributed by atoms with Gasteiger partial charge in [-0.15, -0.1) is 11.6 Å². The first-order valence-electron chi connectivity index (χ1n) is 5.57. The van der Waals surface area contributed by atoms with Crippen LogP contribution in [-0.4, -0.2) is 10.6 Å². The number of benzene rings is 1. The van der Waals surface area contributed by atoms with Crippen LogP contribution in [0.5, 0.6) is 0 Å². The molecule has 0 aliphatic rings. The van der Waals surface area contributed by atoms with Crippen LogP contribution in [0.2, 0.25) is 0 Å². The highest BCUT2D eigenvalue weighted by molar-refractivity contribution is 6.67. The van der Waals surface area contributed by atoms with Gasteiger partial charge in [0.2, 0.25) is 0 Å². The minimum Gasteiger partial charge on any atom is -0.276 e. The van der Waals surface area contributed by atoms with Crippen molar-refractivity contribution in [1.29, 1.82) is 0 Å². The van der Waals surface area contributed by atoms with Crippen LogP contribution in [-0.2, 0) is 6.42 Å². The third kappa shape index (κ3) is 4.15. The molecule has 0 saturated heterocycles. The van der Waals surface area contributed by atoms with E-state index in [9.17, 15) is 4.79 Å². The summed E-state index contributed by atoms with van der Waals surface area (Å²) in [6.07, 6.45) is 3.81. The van der Waals surface area contributed by atoms with Crippen LogP contribution in [0.1, 0.15) is 42.1 Å². The fourth-order valence-corrected chi connectivity index (χ4v) is 1.99. The fourth-order valence-electron chi connectivity index (χ4n) is 1.65. The summed E-state index contributed by atoms with van der Waals surface area (Å²) in [7, 11) is 0.